The van der Waals surface area contributed by atoms with Crippen LogP contribution in [-0.4, -0.2) is 69.4 Å². The second-order valence-corrected chi connectivity index (χ2v) is 7.63. The van der Waals surface area contributed by atoms with Crippen molar-refractivity contribution in [1.82, 2.24) is 15.2 Å². The van der Waals surface area contributed by atoms with Gasteiger partial charge in [0.25, 0.3) is 11.8 Å². The first-order chi connectivity index (χ1) is 13.9. The van der Waals surface area contributed by atoms with E-state index in [1.54, 1.807) is 0 Å². The van der Waals surface area contributed by atoms with E-state index in [1.165, 1.54) is 24.3 Å². The SMILES string of the molecule is C#CCO/N=C(\C(=O)NC1C(=O)N2C(C(=O)O)=C(OC)CS[C@H]12)c1csc(N)n1. The fourth-order valence-corrected chi connectivity index (χ4v) is 4.55. The summed E-state index contributed by atoms with van der Waals surface area (Å²) in [5.74, 6) is 0.0395. The fourth-order valence-electron chi connectivity index (χ4n) is 2.69. The highest BCUT2D eigenvalue weighted by atomic mass is 32.2. The zero-order valence-corrected chi connectivity index (χ0v) is 16.6. The highest BCUT2D eigenvalue weighted by Crippen LogP contribution is 2.40. The molecule has 1 aromatic heterocycles. The van der Waals surface area contributed by atoms with Gasteiger partial charge < -0.3 is 25.7 Å². The van der Waals surface area contributed by atoms with Crippen LogP contribution < -0.4 is 11.1 Å². The fraction of sp³-hybridized carbons (Fsp3) is 0.312. The van der Waals surface area contributed by atoms with E-state index in [1.807, 2.05) is 0 Å². The van der Waals surface area contributed by atoms with Gasteiger partial charge in [0, 0.05) is 5.38 Å². The summed E-state index contributed by atoms with van der Waals surface area (Å²) >= 11 is 2.37. The molecule has 0 bridgehead atoms. The molecule has 11 nitrogen and oxygen atoms in total. The predicted molar refractivity (Wildman–Crippen MR) is 105 cm³/mol. The Bertz CT molecular complexity index is 965. The number of aliphatic carboxylic acids is 1. The number of oxime groups is 1. The highest BCUT2D eigenvalue weighted by Gasteiger charge is 2.55. The molecule has 2 atom stereocenters. The number of thioether (sulfide) groups is 1. The van der Waals surface area contributed by atoms with Crippen LogP contribution in [0.4, 0.5) is 5.13 Å². The molecule has 0 aromatic carbocycles. The molecule has 2 amide bonds. The lowest BCUT2D eigenvalue weighted by molar-refractivity contribution is -0.150. The molecular formula is C16H15N5O6S2. The maximum atomic E-state index is 12.7. The van der Waals surface area contributed by atoms with Gasteiger partial charge in [-0.2, -0.15) is 0 Å². The Balaban J connectivity index is 1.79. The van der Waals surface area contributed by atoms with Crippen molar-refractivity contribution in [2.75, 3.05) is 25.2 Å². The van der Waals surface area contributed by atoms with Crippen LogP contribution in [0.2, 0.25) is 0 Å². The number of terminal acetylenes is 1. The summed E-state index contributed by atoms with van der Waals surface area (Å²) in [5.41, 5.74) is 5.33. The number of ether oxygens (including phenoxy) is 1. The molecule has 0 aliphatic carbocycles. The van der Waals surface area contributed by atoms with Gasteiger partial charge in [0.2, 0.25) is 0 Å². The van der Waals surface area contributed by atoms with Crippen LogP contribution in [0.25, 0.3) is 0 Å². The Labute approximate surface area is 172 Å². The number of nitrogens with two attached hydrogens (primary N) is 1. The average Bonchev–Trinajstić information content (AvgIpc) is 3.13. The maximum Gasteiger partial charge on any atom is 0.356 e. The molecule has 152 valence electrons. The number of fused-ring (bicyclic) bond motifs is 1. The van der Waals surface area contributed by atoms with E-state index < -0.39 is 29.2 Å². The van der Waals surface area contributed by atoms with E-state index in [0.717, 1.165) is 16.2 Å². The van der Waals surface area contributed by atoms with Gasteiger partial charge >= 0.3 is 5.97 Å². The second-order valence-electron chi connectivity index (χ2n) is 5.63. The van der Waals surface area contributed by atoms with Crippen LogP contribution in [0, 0.1) is 12.3 Å². The minimum Gasteiger partial charge on any atom is -0.498 e. The number of thiazole rings is 1. The number of carboxylic acids is 1. The molecule has 2 aliphatic rings. The molecule has 4 N–H and O–H groups in total. The smallest absolute Gasteiger partial charge is 0.356 e. The first kappa shape index (κ1) is 20.5. The lowest BCUT2D eigenvalue weighted by atomic mass is 10.0. The van der Waals surface area contributed by atoms with Crippen LogP contribution in [0.5, 0.6) is 0 Å². The number of hydrogen-bond donors (Lipinski definition) is 3. The number of hydrogen-bond acceptors (Lipinski definition) is 10. The number of carboxylic acid groups (broad SMARTS) is 1. The number of rotatable bonds is 7. The Kier molecular flexibility index (Phi) is 5.95. The Hall–Kier alpha value is -3.24. The van der Waals surface area contributed by atoms with E-state index in [-0.39, 0.29) is 40.4 Å². The first-order valence-electron chi connectivity index (χ1n) is 7.99. The van der Waals surface area contributed by atoms with Crippen molar-refractivity contribution in [2.45, 2.75) is 11.4 Å². The lowest BCUT2D eigenvalue weighted by Gasteiger charge is -2.48. The minimum absolute atomic E-state index is 0.162. The van der Waals surface area contributed by atoms with Crippen molar-refractivity contribution in [2.24, 2.45) is 5.16 Å². The molecule has 1 saturated heterocycles. The highest BCUT2D eigenvalue weighted by molar-refractivity contribution is 8.00. The van der Waals surface area contributed by atoms with Crippen molar-refractivity contribution in [3.05, 3.63) is 22.5 Å². The summed E-state index contributed by atoms with van der Waals surface area (Å²) in [6, 6.07) is -0.950. The zero-order valence-electron chi connectivity index (χ0n) is 14.9. The summed E-state index contributed by atoms with van der Waals surface area (Å²) < 4.78 is 5.06. The second kappa shape index (κ2) is 8.41. The molecule has 0 spiro atoms. The molecule has 13 heteroatoms. The molecule has 1 fully saturated rings. The van der Waals surface area contributed by atoms with E-state index in [4.69, 9.17) is 21.7 Å². The molecule has 3 rings (SSSR count). The van der Waals surface area contributed by atoms with E-state index in [9.17, 15) is 19.5 Å². The standard InChI is InChI=1S/C16H15N5O6S2/c1-3-4-27-20-9(7-5-29-16(17)18-7)12(22)19-10-13(23)21-11(15(24)25)8(26-2)6-28-14(10)21/h1,5,10,14H,4,6H2,2H3,(H2,17,18)(H,19,22)(H,24,25)/b20-9-/t10?,14-/m1/s1. The molecule has 3 heterocycles. The Morgan fingerprint density at radius 2 is 2.34 bits per heavy atom. The third-order valence-electron chi connectivity index (χ3n) is 3.95. The summed E-state index contributed by atoms with van der Waals surface area (Å²) in [5, 5.41) is 16.8. The van der Waals surface area contributed by atoms with Crippen molar-refractivity contribution in [1.29, 1.82) is 0 Å². The predicted octanol–water partition coefficient (Wildman–Crippen LogP) is -0.578. The van der Waals surface area contributed by atoms with Gasteiger partial charge in [-0.3, -0.25) is 14.5 Å². The lowest BCUT2D eigenvalue weighted by Crippen LogP contribution is -2.71. The molecule has 0 radical (unpaired) electrons. The monoisotopic (exact) mass is 437 g/mol. The summed E-state index contributed by atoms with van der Waals surface area (Å²) in [6.45, 7) is -0.169. The molecule has 29 heavy (non-hydrogen) atoms. The number of anilines is 1. The van der Waals surface area contributed by atoms with Gasteiger partial charge in [-0.25, -0.2) is 9.78 Å². The van der Waals surface area contributed by atoms with E-state index in [0.29, 0.717) is 0 Å². The maximum absolute atomic E-state index is 12.7. The van der Waals surface area contributed by atoms with Gasteiger partial charge in [-0.15, -0.1) is 29.5 Å². The number of carbonyl (C=O) groups excluding carboxylic acids is 2. The van der Waals surface area contributed by atoms with Crippen LogP contribution >= 0.6 is 23.1 Å². The number of nitrogens with zero attached hydrogens (tertiary/aromatic N) is 3. The van der Waals surface area contributed by atoms with Gasteiger partial charge in [-0.1, -0.05) is 11.1 Å². The normalized spacial score (nSPS) is 21.0. The summed E-state index contributed by atoms with van der Waals surface area (Å²) in [6.07, 6.45) is 5.10. The third kappa shape index (κ3) is 3.84. The summed E-state index contributed by atoms with van der Waals surface area (Å²) in [4.78, 5) is 46.8. The van der Waals surface area contributed by atoms with Crippen molar-refractivity contribution >= 4 is 51.7 Å². The Morgan fingerprint density at radius 1 is 1.59 bits per heavy atom. The number of aromatic nitrogens is 1. The number of carbonyl (C=O) groups is 3. The van der Waals surface area contributed by atoms with Crippen LogP contribution in [0.1, 0.15) is 5.69 Å². The number of nitrogens with one attached hydrogen (secondary N) is 1. The Morgan fingerprint density at radius 3 is 2.93 bits per heavy atom. The topological polar surface area (TPSA) is 156 Å². The van der Waals surface area contributed by atoms with Crippen molar-refractivity contribution in [3.8, 4) is 12.3 Å². The van der Waals surface area contributed by atoms with Crippen LogP contribution in [0.15, 0.2) is 22.0 Å². The van der Waals surface area contributed by atoms with Gasteiger partial charge in [0.05, 0.1) is 12.9 Å². The molecule has 2 aliphatic heterocycles. The van der Waals surface area contributed by atoms with Gasteiger partial charge in [0.15, 0.2) is 23.1 Å². The van der Waals surface area contributed by atoms with Crippen molar-refractivity contribution in [3.63, 3.8) is 0 Å². The third-order valence-corrected chi connectivity index (χ3v) is 5.88. The molecule has 1 unspecified atom stereocenters. The summed E-state index contributed by atoms with van der Waals surface area (Å²) in [7, 11) is 1.33. The molecule has 0 saturated carbocycles. The van der Waals surface area contributed by atoms with E-state index in [2.05, 4.69) is 21.4 Å². The minimum atomic E-state index is -1.28. The van der Waals surface area contributed by atoms with Crippen molar-refractivity contribution < 1.29 is 29.1 Å². The number of amides is 2. The zero-order chi connectivity index (χ0) is 21.1. The number of methoxy groups -OCH3 is 1. The molecular weight excluding hydrogens is 422 g/mol. The van der Waals surface area contributed by atoms with Gasteiger partial charge in [-0.05, 0) is 0 Å². The van der Waals surface area contributed by atoms with Crippen LogP contribution in [-0.2, 0) is 24.0 Å². The average molecular weight is 437 g/mol. The number of nitrogen functional groups attached to an aromatic ring is 1. The van der Waals surface area contributed by atoms with Gasteiger partial charge in [0.1, 0.15) is 22.9 Å². The number of β-lactam (4-membered cyclic amide) rings is 1. The molecule has 1 aromatic rings. The van der Waals surface area contributed by atoms with E-state index >= 15 is 0 Å². The quantitative estimate of drug-likeness (QED) is 0.167. The first-order valence-corrected chi connectivity index (χ1v) is 9.92. The van der Waals surface area contributed by atoms with Crippen LogP contribution in [0.3, 0.4) is 0 Å². The largest absolute Gasteiger partial charge is 0.498 e.